The van der Waals surface area contributed by atoms with Crippen molar-refractivity contribution in [2.45, 2.75) is 19.7 Å². The first-order valence-corrected chi connectivity index (χ1v) is 4.74. The fourth-order valence-corrected chi connectivity index (χ4v) is 1.20. The molecule has 1 N–H and O–H groups in total. The molecule has 0 radical (unpaired) electrons. The molecule has 1 aromatic rings. The molecule has 5 nitrogen and oxygen atoms in total. The Labute approximate surface area is 100 Å². The number of aryl methyl sites for hydroxylation is 1. The van der Waals surface area contributed by atoms with Gasteiger partial charge >= 0.3 is 12.3 Å². The van der Waals surface area contributed by atoms with E-state index in [1.54, 1.807) is 0 Å². The highest BCUT2D eigenvalue weighted by molar-refractivity contribution is 5.73. The molecule has 1 aromatic heterocycles. The molecular formula is C10H10F3NO4. The van der Waals surface area contributed by atoms with Crippen LogP contribution in [0, 0.1) is 6.92 Å². The van der Waals surface area contributed by atoms with Crippen molar-refractivity contribution < 1.29 is 32.5 Å². The van der Waals surface area contributed by atoms with Gasteiger partial charge in [0.25, 0.3) is 0 Å². The number of methoxy groups -OCH3 is 1. The molecule has 18 heavy (non-hydrogen) atoms. The number of hydrogen-bond acceptors (Lipinski definition) is 5. The molecule has 0 unspecified atom stereocenters. The SMILES string of the molecule is COC(=O)Cc1ncc(C)c(OC(F)(F)F)c1O. The van der Waals surface area contributed by atoms with Crippen molar-refractivity contribution in [3.05, 3.63) is 17.5 Å². The first-order chi connectivity index (χ1) is 8.24. The second-order valence-electron chi connectivity index (χ2n) is 3.37. The van der Waals surface area contributed by atoms with Crippen LogP contribution in [0.25, 0.3) is 0 Å². The highest BCUT2D eigenvalue weighted by Crippen LogP contribution is 2.36. The van der Waals surface area contributed by atoms with Crippen LogP contribution in [0.3, 0.4) is 0 Å². The van der Waals surface area contributed by atoms with Gasteiger partial charge in [0.2, 0.25) is 0 Å². The molecule has 1 heterocycles. The molecule has 0 spiro atoms. The summed E-state index contributed by atoms with van der Waals surface area (Å²) in [6.07, 6.45) is -4.32. The van der Waals surface area contributed by atoms with Crippen LogP contribution in [-0.2, 0) is 16.0 Å². The minimum absolute atomic E-state index is 0.00144. The van der Waals surface area contributed by atoms with E-state index in [2.05, 4.69) is 14.5 Å². The molecule has 0 saturated heterocycles. The summed E-state index contributed by atoms with van der Waals surface area (Å²) < 4.78 is 44.4. The van der Waals surface area contributed by atoms with Crippen molar-refractivity contribution in [1.82, 2.24) is 4.98 Å². The number of rotatable bonds is 3. The zero-order valence-electron chi connectivity index (χ0n) is 9.54. The topological polar surface area (TPSA) is 68.7 Å². The summed E-state index contributed by atoms with van der Waals surface area (Å²) in [7, 11) is 1.11. The van der Waals surface area contributed by atoms with E-state index in [1.807, 2.05) is 0 Å². The van der Waals surface area contributed by atoms with Gasteiger partial charge in [-0.2, -0.15) is 0 Å². The smallest absolute Gasteiger partial charge is 0.503 e. The Kier molecular flexibility index (Phi) is 4.00. The van der Waals surface area contributed by atoms with Gasteiger partial charge in [-0.25, -0.2) is 0 Å². The van der Waals surface area contributed by atoms with E-state index in [0.29, 0.717) is 0 Å². The highest BCUT2D eigenvalue weighted by Gasteiger charge is 2.34. The van der Waals surface area contributed by atoms with Crippen molar-refractivity contribution in [3.8, 4) is 11.5 Å². The Hall–Kier alpha value is -1.99. The molecule has 100 valence electrons. The summed E-state index contributed by atoms with van der Waals surface area (Å²) in [6.45, 7) is 1.29. The van der Waals surface area contributed by atoms with Crippen LogP contribution in [0.1, 0.15) is 11.3 Å². The number of halogens is 3. The molecule has 0 fully saturated rings. The first kappa shape index (κ1) is 14.1. The lowest BCUT2D eigenvalue weighted by atomic mass is 10.2. The van der Waals surface area contributed by atoms with Gasteiger partial charge < -0.3 is 14.6 Å². The van der Waals surface area contributed by atoms with Gasteiger partial charge in [-0.15, -0.1) is 13.2 Å². The average molecular weight is 265 g/mol. The predicted octanol–water partition coefficient (Wildman–Crippen LogP) is 1.71. The van der Waals surface area contributed by atoms with Crippen LogP contribution in [0.2, 0.25) is 0 Å². The average Bonchev–Trinajstić information content (AvgIpc) is 2.26. The van der Waals surface area contributed by atoms with E-state index in [-0.39, 0.29) is 11.3 Å². The van der Waals surface area contributed by atoms with E-state index < -0.39 is 30.3 Å². The molecule has 0 aliphatic carbocycles. The molecule has 8 heteroatoms. The number of carbonyl (C=O) groups is 1. The highest BCUT2D eigenvalue weighted by atomic mass is 19.4. The van der Waals surface area contributed by atoms with Gasteiger partial charge in [0.1, 0.15) is 0 Å². The van der Waals surface area contributed by atoms with Crippen molar-refractivity contribution in [2.75, 3.05) is 7.11 Å². The van der Waals surface area contributed by atoms with E-state index in [9.17, 15) is 23.1 Å². The number of esters is 1. The minimum atomic E-state index is -4.94. The van der Waals surface area contributed by atoms with Crippen LogP contribution in [0.4, 0.5) is 13.2 Å². The van der Waals surface area contributed by atoms with Crippen molar-refractivity contribution in [1.29, 1.82) is 0 Å². The number of aromatic hydroxyl groups is 1. The third-order valence-electron chi connectivity index (χ3n) is 2.02. The largest absolute Gasteiger partial charge is 0.573 e. The van der Waals surface area contributed by atoms with E-state index in [1.165, 1.54) is 6.92 Å². The number of nitrogens with zero attached hydrogens (tertiary/aromatic N) is 1. The van der Waals surface area contributed by atoms with Crippen LogP contribution in [-0.4, -0.2) is 29.5 Å². The van der Waals surface area contributed by atoms with Gasteiger partial charge in [0.05, 0.1) is 19.2 Å². The quantitative estimate of drug-likeness (QED) is 0.842. The van der Waals surface area contributed by atoms with Gasteiger partial charge in [0, 0.05) is 11.8 Å². The number of alkyl halides is 3. The third-order valence-corrected chi connectivity index (χ3v) is 2.02. The second-order valence-corrected chi connectivity index (χ2v) is 3.37. The number of carbonyl (C=O) groups excluding carboxylic acids is 1. The molecule has 0 bridgehead atoms. The van der Waals surface area contributed by atoms with Gasteiger partial charge in [-0.3, -0.25) is 9.78 Å². The monoisotopic (exact) mass is 265 g/mol. The number of aromatic nitrogens is 1. The standard InChI is InChI=1S/C10H10F3NO4/c1-5-4-14-6(3-7(15)17-2)8(16)9(5)18-10(11,12)13/h4,16H,3H2,1-2H3. The van der Waals surface area contributed by atoms with E-state index in [0.717, 1.165) is 13.3 Å². The number of ether oxygens (including phenoxy) is 2. The fourth-order valence-electron chi connectivity index (χ4n) is 1.20. The van der Waals surface area contributed by atoms with Crippen LogP contribution in [0.5, 0.6) is 11.5 Å². The van der Waals surface area contributed by atoms with E-state index in [4.69, 9.17) is 0 Å². The van der Waals surface area contributed by atoms with Gasteiger partial charge in [-0.05, 0) is 6.92 Å². The maximum atomic E-state index is 12.1. The summed E-state index contributed by atoms with van der Waals surface area (Å²) in [4.78, 5) is 14.6. The lowest BCUT2D eigenvalue weighted by molar-refractivity contribution is -0.275. The summed E-state index contributed by atoms with van der Waals surface area (Å²) in [5, 5.41) is 9.58. The maximum Gasteiger partial charge on any atom is 0.573 e. The molecule has 0 aromatic carbocycles. The molecule has 0 amide bonds. The normalized spacial score (nSPS) is 11.2. The Morgan fingerprint density at radius 1 is 1.50 bits per heavy atom. The summed E-state index contributed by atoms with van der Waals surface area (Å²) in [5.41, 5.74) is -0.245. The zero-order chi connectivity index (χ0) is 13.9. The lowest BCUT2D eigenvalue weighted by Gasteiger charge is -2.14. The molecular weight excluding hydrogens is 255 g/mol. The Bertz CT molecular complexity index is 459. The van der Waals surface area contributed by atoms with Gasteiger partial charge in [0.15, 0.2) is 11.5 Å². The predicted molar refractivity (Wildman–Crippen MR) is 53.0 cm³/mol. The van der Waals surface area contributed by atoms with E-state index >= 15 is 0 Å². The first-order valence-electron chi connectivity index (χ1n) is 4.74. The summed E-state index contributed by atoms with van der Waals surface area (Å²) in [6, 6.07) is 0. The van der Waals surface area contributed by atoms with Crippen molar-refractivity contribution in [3.63, 3.8) is 0 Å². The second kappa shape index (κ2) is 5.11. The van der Waals surface area contributed by atoms with Gasteiger partial charge in [-0.1, -0.05) is 0 Å². The van der Waals surface area contributed by atoms with Crippen LogP contribution in [0.15, 0.2) is 6.20 Å². The molecule has 0 saturated carbocycles. The summed E-state index contributed by atoms with van der Waals surface area (Å²) >= 11 is 0. The molecule has 1 rings (SSSR count). The van der Waals surface area contributed by atoms with Crippen molar-refractivity contribution >= 4 is 5.97 Å². The number of pyridine rings is 1. The zero-order valence-corrected chi connectivity index (χ0v) is 9.54. The molecule has 0 aliphatic heterocycles. The third kappa shape index (κ3) is 3.51. The fraction of sp³-hybridized carbons (Fsp3) is 0.400. The minimum Gasteiger partial charge on any atom is -0.503 e. The molecule has 0 atom stereocenters. The van der Waals surface area contributed by atoms with Crippen LogP contribution < -0.4 is 4.74 Å². The Morgan fingerprint density at radius 3 is 2.61 bits per heavy atom. The lowest BCUT2D eigenvalue weighted by Crippen LogP contribution is -2.18. The van der Waals surface area contributed by atoms with Crippen LogP contribution >= 0.6 is 0 Å². The maximum absolute atomic E-state index is 12.1. The number of hydrogen-bond donors (Lipinski definition) is 1. The Morgan fingerprint density at radius 2 is 2.11 bits per heavy atom. The summed E-state index contributed by atoms with van der Waals surface area (Å²) in [5.74, 6) is -2.33. The Balaban J connectivity index is 3.10. The molecule has 0 aliphatic rings. The van der Waals surface area contributed by atoms with Crippen molar-refractivity contribution in [2.24, 2.45) is 0 Å².